The Kier molecular flexibility index (Phi) is 12.0. The molecule has 0 aromatic heterocycles. The van der Waals surface area contributed by atoms with Crippen molar-refractivity contribution >= 4 is 53.4 Å². The SMILES string of the molecule is CCNC(=NCC(=O)N(C)C)NCCNC(=O)c1ccc(Cl)cc1.I. The van der Waals surface area contributed by atoms with Crippen LogP contribution in [0.5, 0.6) is 0 Å². The summed E-state index contributed by atoms with van der Waals surface area (Å²) >= 11 is 5.79. The number of amides is 2. The third-order valence-corrected chi connectivity index (χ3v) is 3.28. The summed E-state index contributed by atoms with van der Waals surface area (Å²) in [6.07, 6.45) is 0. The lowest BCUT2D eigenvalue weighted by Gasteiger charge is -2.13. The van der Waals surface area contributed by atoms with E-state index in [2.05, 4.69) is 20.9 Å². The monoisotopic (exact) mass is 481 g/mol. The van der Waals surface area contributed by atoms with Crippen LogP contribution in [0.2, 0.25) is 5.02 Å². The van der Waals surface area contributed by atoms with Crippen LogP contribution in [0, 0.1) is 0 Å². The van der Waals surface area contributed by atoms with Crippen LogP contribution in [-0.2, 0) is 4.79 Å². The van der Waals surface area contributed by atoms with Crippen LogP contribution in [0.25, 0.3) is 0 Å². The van der Waals surface area contributed by atoms with Gasteiger partial charge in [0.25, 0.3) is 5.91 Å². The first-order valence-corrected chi connectivity index (χ1v) is 8.08. The van der Waals surface area contributed by atoms with Crippen LogP contribution in [-0.4, -0.2) is 62.9 Å². The first-order chi connectivity index (χ1) is 11.4. The van der Waals surface area contributed by atoms with Crippen LogP contribution in [0.15, 0.2) is 29.3 Å². The lowest BCUT2D eigenvalue weighted by molar-refractivity contribution is -0.127. The molecule has 1 rings (SSSR count). The first kappa shape index (κ1) is 23.4. The third-order valence-electron chi connectivity index (χ3n) is 3.02. The molecule has 0 aliphatic heterocycles. The van der Waals surface area contributed by atoms with Gasteiger partial charge in [-0.1, -0.05) is 11.6 Å². The maximum absolute atomic E-state index is 11.9. The zero-order valence-electron chi connectivity index (χ0n) is 14.6. The molecule has 140 valence electrons. The summed E-state index contributed by atoms with van der Waals surface area (Å²) < 4.78 is 0. The number of likely N-dealkylation sites (N-methyl/N-ethyl adjacent to an activating group) is 1. The molecular formula is C16H25ClIN5O2. The molecule has 25 heavy (non-hydrogen) atoms. The number of aliphatic imine (C=N–C) groups is 1. The summed E-state index contributed by atoms with van der Waals surface area (Å²) in [4.78, 5) is 29.2. The Morgan fingerprint density at radius 2 is 1.68 bits per heavy atom. The lowest BCUT2D eigenvalue weighted by Crippen LogP contribution is -2.42. The van der Waals surface area contributed by atoms with Crippen molar-refractivity contribution in [2.75, 3.05) is 40.3 Å². The average Bonchev–Trinajstić information content (AvgIpc) is 2.56. The molecule has 0 fully saturated rings. The number of hydrogen-bond acceptors (Lipinski definition) is 3. The molecule has 1 aromatic carbocycles. The van der Waals surface area contributed by atoms with Gasteiger partial charge in [0.2, 0.25) is 5.91 Å². The van der Waals surface area contributed by atoms with Crippen LogP contribution in [0.3, 0.4) is 0 Å². The zero-order chi connectivity index (χ0) is 17.9. The Morgan fingerprint density at radius 1 is 1.08 bits per heavy atom. The molecule has 0 heterocycles. The van der Waals surface area contributed by atoms with Gasteiger partial charge in [-0.3, -0.25) is 9.59 Å². The topological polar surface area (TPSA) is 85.8 Å². The second kappa shape index (κ2) is 12.8. The molecule has 9 heteroatoms. The maximum Gasteiger partial charge on any atom is 0.251 e. The molecule has 0 radical (unpaired) electrons. The lowest BCUT2D eigenvalue weighted by atomic mass is 10.2. The second-order valence-corrected chi connectivity index (χ2v) is 5.61. The Balaban J connectivity index is 0.00000576. The van der Waals surface area contributed by atoms with Crippen LogP contribution >= 0.6 is 35.6 Å². The first-order valence-electron chi connectivity index (χ1n) is 7.70. The van der Waals surface area contributed by atoms with Gasteiger partial charge < -0.3 is 20.9 Å². The molecule has 3 N–H and O–H groups in total. The fourth-order valence-electron chi connectivity index (χ4n) is 1.69. The highest BCUT2D eigenvalue weighted by molar-refractivity contribution is 14.0. The van der Waals surface area contributed by atoms with Gasteiger partial charge in [-0.05, 0) is 31.2 Å². The van der Waals surface area contributed by atoms with E-state index in [1.807, 2.05) is 6.92 Å². The molecule has 0 spiro atoms. The molecule has 0 saturated carbocycles. The van der Waals surface area contributed by atoms with Gasteiger partial charge in [0.05, 0.1) is 0 Å². The largest absolute Gasteiger partial charge is 0.357 e. The fourth-order valence-corrected chi connectivity index (χ4v) is 1.82. The van der Waals surface area contributed by atoms with Gasteiger partial charge >= 0.3 is 0 Å². The number of nitrogens with zero attached hydrogens (tertiary/aromatic N) is 2. The minimum absolute atomic E-state index is 0. The van der Waals surface area contributed by atoms with Crippen molar-refractivity contribution < 1.29 is 9.59 Å². The Bertz CT molecular complexity index is 578. The Labute approximate surface area is 170 Å². The van der Waals surface area contributed by atoms with E-state index in [0.717, 1.165) is 0 Å². The van der Waals surface area contributed by atoms with Crippen molar-refractivity contribution in [3.63, 3.8) is 0 Å². The third kappa shape index (κ3) is 9.49. The predicted octanol–water partition coefficient (Wildman–Crippen LogP) is 1.33. The number of rotatable bonds is 7. The van der Waals surface area contributed by atoms with Crippen LogP contribution < -0.4 is 16.0 Å². The number of guanidine groups is 1. The van der Waals surface area contributed by atoms with E-state index in [-0.39, 0.29) is 42.3 Å². The van der Waals surface area contributed by atoms with Gasteiger partial charge in [-0.2, -0.15) is 0 Å². The highest BCUT2D eigenvalue weighted by Crippen LogP contribution is 2.08. The van der Waals surface area contributed by atoms with Crippen molar-refractivity contribution in [1.82, 2.24) is 20.9 Å². The summed E-state index contributed by atoms with van der Waals surface area (Å²) in [5.74, 6) is 0.287. The minimum atomic E-state index is -0.168. The molecule has 0 bridgehead atoms. The molecule has 7 nitrogen and oxygen atoms in total. The van der Waals surface area contributed by atoms with Crippen molar-refractivity contribution in [2.45, 2.75) is 6.92 Å². The maximum atomic E-state index is 11.9. The number of hydrogen-bond donors (Lipinski definition) is 3. The molecule has 1 aromatic rings. The summed E-state index contributed by atoms with van der Waals surface area (Å²) in [6, 6.07) is 6.69. The highest BCUT2D eigenvalue weighted by atomic mass is 127. The van der Waals surface area contributed by atoms with E-state index in [1.54, 1.807) is 38.4 Å². The summed E-state index contributed by atoms with van der Waals surface area (Å²) in [6.45, 7) is 3.60. The number of halogens is 2. The zero-order valence-corrected chi connectivity index (χ0v) is 17.7. The van der Waals surface area contributed by atoms with Crippen LogP contribution in [0.1, 0.15) is 17.3 Å². The van der Waals surface area contributed by atoms with Gasteiger partial charge in [-0.15, -0.1) is 24.0 Å². The molecule has 0 aliphatic rings. The molecule has 0 aliphatic carbocycles. The van der Waals surface area contributed by atoms with Gasteiger partial charge in [0.15, 0.2) is 5.96 Å². The van der Waals surface area contributed by atoms with Gasteiger partial charge in [-0.25, -0.2) is 4.99 Å². The van der Waals surface area contributed by atoms with E-state index in [9.17, 15) is 9.59 Å². The highest BCUT2D eigenvalue weighted by Gasteiger charge is 2.06. The van der Waals surface area contributed by atoms with E-state index in [4.69, 9.17) is 11.6 Å². The van der Waals surface area contributed by atoms with Crippen molar-refractivity contribution in [2.24, 2.45) is 4.99 Å². The average molecular weight is 482 g/mol. The Hall–Kier alpha value is -1.55. The summed E-state index contributed by atoms with van der Waals surface area (Å²) in [7, 11) is 3.37. The number of carbonyl (C=O) groups excluding carboxylic acids is 2. The van der Waals surface area contributed by atoms with E-state index >= 15 is 0 Å². The minimum Gasteiger partial charge on any atom is -0.357 e. The van der Waals surface area contributed by atoms with E-state index < -0.39 is 0 Å². The molecule has 0 unspecified atom stereocenters. The van der Waals surface area contributed by atoms with E-state index in [0.29, 0.717) is 36.2 Å². The standard InChI is InChI=1S/C16H24ClN5O2.HI/c1-4-18-16(21-11-14(23)22(2)3)20-10-9-19-15(24)12-5-7-13(17)8-6-12;/h5-8H,4,9-11H2,1-3H3,(H,19,24)(H2,18,20,21);1H. The predicted molar refractivity (Wildman–Crippen MR) is 112 cm³/mol. The molecular weight excluding hydrogens is 457 g/mol. The Morgan fingerprint density at radius 3 is 2.24 bits per heavy atom. The molecule has 2 amide bonds. The second-order valence-electron chi connectivity index (χ2n) is 5.17. The number of carbonyl (C=O) groups is 2. The normalized spacial score (nSPS) is 10.5. The summed E-state index contributed by atoms with van der Waals surface area (Å²) in [5.41, 5.74) is 0.552. The van der Waals surface area contributed by atoms with Crippen molar-refractivity contribution in [3.8, 4) is 0 Å². The van der Waals surface area contributed by atoms with Gasteiger partial charge in [0.1, 0.15) is 6.54 Å². The number of nitrogens with one attached hydrogen (secondary N) is 3. The van der Waals surface area contributed by atoms with Crippen molar-refractivity contribution in [1.29, 1.82) is 0 Å². The summed E-state index contributed by atoms with van der Waals surface area (Å²) in [5, 5.41) is 9.49. The smallest absolute Gasteiger partial charge is 0.251 e. The molecule has 0 saturated heterocycles. The number of benzene rings is 1. The molecule has 0 atom stereocenters. The van der Waals surface area contributed by atoms with Gasteiger partial charge in [0, 0.05) is 44.3 Å². The van der Waals surface area contributed by atoms with Crippen LogP contribution in [0.4, 0.5) is 0 Å². The van der Waals surface area contributed by atoms with Crippen molar-refractivity contribution in [3.05, 3.63) is 34.9 Å². The fraction of sp³-hybridized carbons (Fsp3) is 0.438. The van der Waals surface area contributed by atoms with E-state index in [1.165, 1.54) is 4.90 Å². The quantitative estimate of drug-likeness (QED) is 0.237.